The number of benzene rings is 1. The Labute approximate surface area is 157 Å². The first-order valence-corrected chi connectivity index (χ1v) is 9.54. The molecule has 2 heterocycles. The molecule has 136 valence electrons. The third-order valence-electron chi connectivity index (χ3n) is 4.11. The Balaban J connectivity index is 1.57. The van der Waals surface area contributed by atoms with Gasteiger partial charge >= 0.3 is 0 Å². The van der Waals surface area contributed by atoms with Crippen molar-refractivity contribution in [3.8, 4) is 0 Å². The van der Waals surface area contributed by atoms with Gasteiger partial charge in [0.15, 0.2) is 0 Å². The van der Waals surface area contributed by atoms with Crippen LogP contribution in [0.3, 0.4) is 0 Å². The van der Waals surface area contributed by atoms with Gasteiger partial charge < -0.3 is 9.80 Å². The molecule has 1 aromatic carbocycles. The van der Waals surface area contributed by atoms with E-state index in [4.69, 9.17) is 0 Å². The molecule has 26 heavy (non-hydrogen) atoms. The van der Waals surface area contributed by atoms with Crippen molar-refractivity contribution in [1.29, 1.82) is 0 Å². The standard InChI is InChI=1S/C19H22N4O2S/c1-14(2)26-16-5-3-15(4-6-16)18(24)22-9-11-23(12-10-22)19(25)17-13-20-7-8-21-17/h3-8,13-14H,9-12H2,1-2H3. The van der Waals surface area contributed by atoms with Gasteiger partial charge in [-0.3, -0.25) is 14.6 Å². The first kappa shape index (κ1) is 18.4. The van der Waals surface area contributed by atoms with E-state index in [0.717, 1.165) is 4.90 Å². The second kappa shape index (κ2) is 8.31. The number of amides is 2. The minimum absolute atomic E-state index is 0.0118. The molecule has 2 amide bonds. The van der Waals surface area contributed by atoms with E-state index in [9.17, 15) is 9.59 Å². The molecule has 1 aliphatic rings. The molecule has 0 saturated carbocycles. The number of hydrogen-bond donors (Lipinski definition) is 0. The second-order valence-corrected chi connectivity index (χ2v) is 8.02. The highest BCUT2D eigenvalue weighted by atomic mass is 32.2. The fourth-order valence-corrected chi connectivity index (χ4v) is 3.65. The topological polar surface area (TPSA) is 66.4 Å². The molecule has 7 heteroatoms. The average Bonchev–Trinajstić information content (AvgIpc) is 2.68. The molecular weight excluding hydrogens is 348 g/mol. The molecule has 6 nitrogen and oxygen atoms in total. The summed E-state index contributed by atoms with van der Waals surface area (Å²) in [6, 6.07) is 7.74. The molecule has 0 radical (unpaired) electrons. The first-order chi connectivity index (χ1) is 12.5. The van der Waals surface area contributed by atoms with E-state index in [1.54, 1.807) is 27.8 Å². The summed E-state index contributed by atoms with van der Waals surface area (Å²) in [4.78, 5) is 37.7. The van der Waals surface area contributed by atoms with Gasteiger partial charge in [-0.15, -0.1) is 11.8 Å². The van der Waals surface area contributed by atoms with Gasteiger partial charge in [-0.1, -0.05) is 13.8 Å². The van der Waals surface area contributed by atoms with Gasteiger partial charge in [0, 0.05) is 54.3 Å². The third kappa shape index (κ3) is 4.40. The summed E-state index contributed by atoms with van der Waals surface area (Å²) in [5.74, 6) is -0.127. The number of carbonyl (C=O) groups is 2. The maximum Gasteiger partial charge on any atom is 0.274 e. The lowest BCUT2D eigenvalue weighted by molar-refractivity contribution is 0.0532. The highest BCUT2D eigenvalue weighted by Gasteiger charge is 2.26. The summed E-state index contributed by atoms with van der Waals surface area (Å²) in [6.45, 7) is 6.34. The van der Waals surface area contributed by atoms with Gasteiger partial charge in [0.1, 0.15) is 5.69 Å². The van der Waals surface area contributed by atoms with Gasteiger partial charge in [-0.2, -0.15) is 0 Å². The highest BCUT2D eigenvalue weighted by molar-refractivity contribution is 7.99. The number of piperazine rings is 1. The SMILES string of the molecule is CC(C)Sc1ccc(C(=O)N2CCN(C(=O)c3cnccn3)CC2)cc1. The van der Waals surface area contributed by atoms with Crippen molar-refractivity contribution in [2.75, 3.05) is 26.2 Å². The van der Waals surface area contributed by atoms with E-state index < -0.39 is 0 Å². The number of aromatic nitrogens is 2. The molecule has 0 bridgehead atoms. The smallest absolute Gasteiger partial charge is 0.274 e. The average molecular weight is 370 g/mol. The quantitative estimate of drug-likeness (QED) is 0.774. The van der Waals surface area contributed by atoms with Crippen molar-refractivity contribution in [1.82, 2.24) is 19.8 Å². The van der Waals surface area contributed by atoms with Gasteiger partial charge in [-0.05, 0) is 24.3 Å². The fraction of sp³-hybridized carbons (Fsp3) is 0.368. The molecule has 1 aliphatic heterocycles. The molecule has 0 N–H and O–H groups in total. The zero-order chi connectivity index (χ0) is 18.5. The number of nitrogens with zero attached hydrogens (tertiary/aromatic N) is 4. The highest BCUT2D eigenvalue weighted by Crippen LogP contribution is 2.23. The molecule has 1 aromatic heterocycles. The molecule has 0 spiro atoms. The van der Waals surface area contributed by atoms with Crippen LogP contribution in [0.2, 0.25) is 0 Å². The lowest BCUT2D eigenvalue weighted by atomic mass is 10.2. The maximum atomic E-state index is 12.7. The Kier molecular flexibility index (Phi) is 5.88. The van der Waals surface area contributed by atoms with E-state index in [0.29, 0.717) is 42.7 Å². The lowest BCUT2D eigenvalue weighted by Crippen LogP contribution is -2.50. The van der Waals surface area contributed by atoms with Crippen LogP contribution in [0.4, 0.5) is 0 Å². The number of thioether (sulfide) groups is 1. The van der Waals surface area contributed by atoms with Crippen LogP contribution in [0, 0.1) is 0 Å². The van der Waals surface area contributed by atoms with Gasteiger partial charge in [-0.25, -0.2) is 4.98 Å². The number of rotatable bonds is 4. The summed E-state index contributed by atoms with van der Waals surface area (Å²) in [6.07, 6.45) is 4.52. The zero-order valence-electron chi connectivity index (χ0n) is 15.0. The van der Waals surface area contributed by atoms with Crippen molar-refractivity contribution in [2.45, 2.75) is 24.0 Å². The van der Waals surface area contributed by atoms with E-state index in [1.807, 2.05) is 24.3 Å². The predicted octanol–water partition coefficient (Wildman–Crippen LogP) is 2.58. The van der Waals surface area contributed by atoms with Crippen molar-refractivity contribution in [3.63, 3.8) is 0 Å². The van der Waals surface area contributed by atoms with Crippen molar-refractivity contribution in [2.24, 2.45) is 0 Å². The van der Waals surface area contributed by atoms with Crippen LogP contribution in [0.15, 0.2) is 47.8 Å². The first-order valence-electron chi connectivity index (χ1n) is 8.66. The third-order valence-corrected chi connectivity index (χ3v) is 5.13. The minimum atomic E-state index is -0.139. The van der Waals surface area contributed by atoms with Gasteiger partial charge in [0.05, 0.1) is 6.20 Å². The van der Waals surface area contributed by atoms with Crippen molar-refractivity contribution in [3.05, 3.63) is 54.1 Å². The van der Waals surface area contributed by atoms with Gasteiger partial charge in [0.25, 0.3) is 11.8 Å². The van der Waals surface area contributed by atoms with Crippen LogP contribution in [-0.2, 0) is 0 Å². The van der Waals surface area contributed by atoms with Crippen molar-refractivity contribution < 1.29 is 9.59 Å². The summed E-state index contributed by atoms with van der Waals surface area (Å²) < 4.78 is 0. The molecular formula is C19H22N4O2S. The summed E-state index contributed by atoms with van der Waals surface area (Å²) in [7, 11) is 0. The second-order valence-electron chi connectivity index (χ2n) is 6.37. The molecule has 3 rings (SSSR count). The maximum absolute atomic E-state index is 12.7. The predicted molar refractivity (Wildman–Crippen MR) is 101 cm³/mol. The molecule has 1 fully saturated rings. The Hall–Kier alpha value is -2.41. The monoisotopic (exact) mass is 370 g/mol. The van der Waals surface area contributed by atoms with E-state index >= 15 is 0 Å². The summed E-state index contributed by atoms with van der Waals surface area (Å²) >= 11 is 1.78. The van der Waals surface area contributed by atoms with Crippen LogP contribution < -0.4 is 0 Å². The minimum Gasteiger partial charge on any atom is -0.335 e. The van der Waals surface area contributed by atoms with Gasteiger partial charge in [0.2, 0.25) is 0 Å². The molecule has 2 aromatic rings. The van der Waals surface area contributed by atoms with E-state index in [1.165, 1.54) is 12.4 Å². The van der Waals surface area contributed by atoms with Crippen molar-refractivity contribution >= 4 is 23.6 Å². The fourth-order valence-electron chi connectivity index (χ4n) is 2.81. The normalized spacial score (nSPS) is 14.6. The molecule has 0 aliphatic carbocycles. The number of carbonyl (C=O) groups excluding carboxylic acids is 2. The number of hydrogen-bond acceptors (Lipinski definition) is 5. The molecule has 0 unspecified atom stereocenters. The zero-order valence-corrected chi connectivity index (χ0v) is 15.8. The Morgan fingerprint density at radius 1 is 0.962 bits per heavy atom. The molecule has 1 saturated heterocycles. The van der Waals surface area contributed by atoms with Crippen LogP contribution in [0.25, 0.3) is 0 Å². The Morgan fingerprint density at radius 3 is 2.12 bits per heavy atom. The lowest BCUT2D eigenvalue weighted by Gasteiger charge is -2.34. The van der Waals surface area contributed by atoms with Crippen LogP contribution in [-0.4, -0.2) is 63.0 Å². The van der Waals surface area contributed by atoms with Crippen LogP contribution in [0.1, 0.15) is 34.7 Å². The van der Waals surface area contributed by atoms with Crippen LogP contribution in [0.5, 0.6) is 0 Å². The van der Waals surface area contributed by atoms with E-state index in [-0.39, 0.29) is 11.8 Å². The summed E-state index contributed by atoms with van der Waals surface area (Å²) in [5.41, 5.74) is 1.03. The van der Waals surface area contributed by atoms with E-state index in [2.05, 4.69) is 23.8 Å². The Bertz CT molecular complexity index is 757. The molecule has 0 atom stereocenters. The Morgan fingerprint density at radius 2 is 1.58 bits per heavy atom. The largest absolute Gasteiger partial charge is 0.335 e. The summed E-state index contributed by atoms with van der Waals surface area (Å²) in [5, 5.41) is 0.511. The van der Waals surface area contributed by atoms with Crippen LogP contribution >= 0.6 is 11.8 Å².